The summed E-state index contributed by atoms with van der Waals surface area (Å²) in [5, 5.41) is 6.18. The van der Waals surface area contributed by atoms with Crippen molar-refractivity contribution >= 4 is 11.8 Å². The molecule has 0 radical (unpaired) electrons. The van der Waals surface area contributed by atoms with E-state index in [9.17, 15) is 9.59 Å². The largest absolute Gasteiger partial charge is 0.347 e. The lowest BCUT2D eigenvalue weighted by atomic mass is 10.1. The second-order valence-electron chi connectivity index (χ2n) is 5.24. The molecule has 0 aromatic heterocycles. The van der Waals surface area contributed by atoms with Crippen molar-refractivity contribution in [2.45, 2.75) is 25.6 Å². The van der Waals surface area contributed by atoms with Crippen LogP contribution >= 0.6 is 0 Å². The molecule has 5 nitrogen and oxygen atoms in total. The van der Waals surface area contributed by atoms with Crippen molar-refractivity contribution in [3.63, 3.8) is 0 Å². The van der Waals surface area contributed by atoms with Crippen molar-refractivity contribution in [3.05, 3.63) is 34.9 Å². The molecule has 1 aromatic rings. The first kappa shape index (κ1) is 12.2. The number of nitrogens with zero attached hydrogens (tertiary/aromatic N) is 1. The molecule has 2 amide bonds. The van der Waals surface area contributed by atoms with Crippen LogP contribution in [0.25, 0.3) is 0 Å². The van der Waals surface area contributed by atoms with Crippen molar-refractivity contribution < 1.29 is 9.59 Å². The zero-order valence-corrected chi connectivity index (χ0v) is 10.9. The zero-order chi connectivity index (χ0) is 13.4. The summed E-state index contributed by atoms with van der Waals surface area (Å²) < 4.78 is 0. The summed E-state index contributed by atoms with van der Waals surface area (Å²) in [5.74, 6) is -0.00810. The third-order valence-corrected chi connectivity index (χ3v) is 3.78. The monoisotopic (exact) mass is 259 g/mol. The van der Waals surface area contributed by atoms with Crippen LogP contribution in [0.1, 0.15) is 27.9 Å². The Morgan fingerprint density at radius 3 is 2.89 bits per heavy atom. The standard InChI is InChI=1S/C14H17N3O2/c1-17-8-12(5-13(17)18)16-14(19)9-2-3-10-6-15-7-11(10)4-9/h2-4,12,15H,5-8H2,1H3,(H,16,19). The molecule has 2 N–H and O–H groups in total. The van der Waals surface area contributed by atoms with Gasteiger partial charge in [0.25, 0.3) is 5.91 Å². The molecule has 0 aliphatic carbocycles. The van der Waals surface area contributed by atoms with Crippen molar-refractivity contribution in [2.75, 3.05) is 13.6 Å². The van der Waals surface area contributed by atoms with Gasteiger partial charge in [0, 0.05) is 38.7 Å². The van der Waals surface area contributed by atoms with Crippen LogP contribution in [0.2, 0.25) is 0 Å². The van der Waals surface area contributed by atoms with Crippen LogP contribution in [0, 0.1) is 0 Å². The number of likely N-dealkylation sites (N-methyl/N-ethyl adjacent to an activating group) is 1. The minimum atomic E-state index is -0.0946. The van der Waals surface area contributed by atoms with E-state index in [1.165, 1.54) is 11.1 Å². The lowest BCUT2D eigenvalue weighted by Gasteiger charge is -2.13. The molecule has 2 aliphatic rings. The van der Waals surface area contributed by atoms with E-state index in [1.807, 2.05) is 18.2 Å². The Labute approximate surface area is 112 Å². The highest BCUT2D eigenvalue weighted by atomic mass is 16.2. The van der Waals surface area contributed by atoms with Gasteiger partial charge in [-0.3, -0.25) is 9.59 Å². The SMILES string of the molecule is CN1CC(NC(=O)c2ccc3c(c2)CNC3)CC1=O. The van der Waals surface area contributed by atoms with E-state index >= 15 is 0 Å². The Hall–Kier alpha value is -1.88. The Kier molecular flexibility index (Phi) is 2.98. The highest BCUT2D eigenvalue weighted by Gasteiger charge is 2.28. The fourth-order valence-electron chi connectivity index (χ4n) is 2.66. The normalized spacial score (nSPS) is 21.6. The topological polar surface area (TPSA) is 61.4 Å². The third kappa shape index (κ3) is 2.33. The van der Waals surface area contributed by atoms with Crippen molar-refractivity contribution in [1.82, 2.24) is 15.5 Å². The molecule has 1 atom stereocenters. The van der Waals surface area contributed by atoms with Gasteiger partial charge in [-0.05, 0) is 23.3 Å². The summed E-state index contributed by atoms with van der Waals surface area (Å²) in [6.07, 6.45) is 0.398. The van der Waals surface area contributed by atoms with Crippen LogP contribution in [-0.2, 0) is 17.9 Å². The summed E-state index contributed by atoms with van der Waals surface area (Å²) in [6.45, 7) is 2.29. The fourth-order valence-corrected chi connectivity index (χ4v) is 2.66. The van der Waals surface area contributed by atoms with Crippen LogP contribution in [0.3, 0.4) is 0 Å². The molecule has 100 valence electrons. The van der Waals surface area contributed by atoms with Crippen LogP contribution in [0.5, 0.6) is 0 Å². The summed E-state index contributed by atoms with van der Waals surface area (Å²) in [4.78, 5) is 25.2. The van der Waals surface area contributed by atoms with E-state index in [4.69, 9.17) is 0 Å². The van der Waals surface area contributed by atoms with Crippen molar-refractivity contribution in [3.8, 4) is 0 Å². The van der Waals surface area contributed by atoms with Gasteiger partial charge >= 0.3 is 0 Å². The first-order valence-electron chi connectivity index (χ1n) is 6.51. The molecule has 3 rings (SSSR count). The molecule has 1 aromatic carbocycles. The molecule has 1 saturated heterocycles. The third-order valence-electron chi connectivity index (χ3n) is 3.78. The van der Waals surface area contributed by atoms with Gasteiger partial charge in [0.2, 0.25) is 5.91 Å². The molecular weight excluding hydrogens is 242 g/mol. The van der Waals surface area contributed by atoms with Gasteiger partial charge in [-0.15, -0.1) is 0 Å². The molecule has 1 unspecified atom stereocenters. The lowest BCUT2D eigenvalue weighted by molar-refractivity contribution is -0.126. The van der Waals surface area contributed by atoms with Crippen LogP contribution in [0.4, 0.5) is 0 Å². The molecular formula is C14H17N3O2. The Morgan fingerprint density at radius 2 is 2.16 bits per heavy atom. The van der Waals surface area contributed by atoms with Crippen LogP contribution in [0.15, 0.2) is 18.2 Å². The van der Waals surface area contributed by atoms with E-state index in [1.54, 1.807) is 11.9 Å². The number of hydrogen-bond acceptors (Lipinski definition) is 3. The lowest BCUT2D eigenvalue weighted by Crippen LogP contribution is -2.36. The smallest absolute Gasteiger partial charge is 0.251 e. The number of amides is 2. The predicted molar refractivity (Wildman–Crippen MR) is 70.5 cm³/mol. The summed E-state index contributed by atoms with van der Waals surface area (Å²) in [7, 11) is 1.76. The molecule has 0 bridgehead atoms. The number of rotatable bonds is 2. The average Bonchev–Trinajstić information content (AvgIpc) is 2.96. The molecule has 19 heavy (non-hydrogen) atoms. The maximum absolute atomic E-state index is 12.2. The molecule has 2 heterocycles. The summed E-state index contributed by atoms with van der Waals surface area (Å²) >= 11 is 0. The number of carbonyl (C=O) groups excluding carboxylic acids is 2. The number of fused-ring (bicyclic) bond motifs is 1. The van der Waals surface area contributed by atoms with Gasteiger partial charge < -0.3 is 15.5 Å². The fraction of sp³-hybridized carbons (Fsp3) is 0.429. The molecule has 5 heteroatoms. The zero-order valence-electron chi connectivity index (χ0n) is 10.9. The number of hydrogen-bond donors (Lipinski definition) is 2. The number of likely N-dealkylation sites (tertiary alicyclic amines) is 1. The van der Waals surface area contributed by atoms with E-state index in [0.29, 0.717) is 18.5 Å². The molecule has 1 fully saturated rings. The van der Waals surface area contributed by atoms with E-state index in [2.05, 4.69) is 10.6 Å². The minimum Gasteiger partial charge on any atom is -0.347 e. The predicted octanol–water partition coefficient (Wildman–Crippen LogP) is 0.250. The quantitative estimate of drug-likeness (QED) is 0.800. The maximum Gasteiger partial charge on any atom is 0.251 e. The Morgan fingerprint density at radius 1 is 1.37 bits per heavy atom. The van der Waals surface area contributed by atoms with Crippen LogP contribution < -0.4 is 10.6 Å². The maximum atomic E-state index is 12.2. The second kappa shape index (κ2) is 4.66. The van der Waals surface area contributed by atoms with E-state index < -0.39 is 0 Å². The van der Waals surface area contributed by atoms with Gasteiger partial charge in [0.05, 0.1) is 6.04 Å². The number of carbonyl (C=O) groups is 2. The average molecular weight is 259 g/mol. The molecule has 0 saturated carbocycles. The molecule has 2 aliphatic heterocycles. The van der Waals surface area contributed by atoms with Crippen molar-refractivity contribution in [1.29, 1.82) is 0 Å². The first-order valence-corrected chi connectivity index (χ1v) is 6.51. The summed E-state index contributed by atoms with van der Waals surface area (Å²) in [5.41, 5.74) is 3.11. The van der Waals surface area contributed by atoms with Crippen LogP contribution in [-0.4, -0.2) is 36.3 Å². The van der Waals surface area contributed by atoms with Gasteiger partial charge in [0.15, 0.2) is 0 Å². The first-order chi connectivity index (χ1) is 9.13. The number of benzene rings is 1. The number of nitrogens with one attached hydrogen (secondary N) is 2. The van der Waals surface area contributed by atoms with E-state index in [0.717, 1.165) is 13.1 Å². The minimum absolute atomic E-state index is 0.0728. The van der Waals surface area contributed by atoms with Gasteiger partial charge in [0.1, 0.15) is 0 Å². The Balaban J connectivity index is 1.69. The highest BCUT2D eigenvalue weighted by Crippen LogP contribution is 2.17. The van der Waals surface area contributed by atoms with Crippen molar-refractivity contribution in [2.24, 2.45) is 0 Å². The highest BCUT2D eigenvalue weighted by molar-refractivity contribution is 5.95. The Bertz CT molecular complexity index is 541. The summed E-state index contributed by atoms with van der Waals surface area (Å²) in [6, 6.07) is 5.71. The van der Waals surface area contributed by atoms with E-state index in [-0.39, 0.29) is 17.9 Å². The van der Waals surface area contributed by atoms with Gasteiger partial charge in [-0.25, -0.2) is 0 Å². The van der Waals surface area contributed by atoms with Gasteiger partial charge in [-0.1, -0.05) is 6.07 Å². The molecule has 0 spiro atoms. The second-order valence-corrected chi connectivity index (χ2v) is 5.24. The van der Waals surface area contributed by atoms with Gasteiger partial charge in [-0.2, -0.15) is 0 Å².